The molecule has 0 aromatic heterocycles. The van der Waals surface area contributed by atoms with Gasteiger partial charge in [0, 0.05) is 16.1 Å². The van der Waals surface area contributed by atoms with Gasteiger partial charge >= 0.3 is 0 Å². The van der Waals surface area contributed by atoms with Crippen LogP contribution < -0.4 is 10.7 Å². The summed E-state index contributed by atoms with van der Waals surface area (Å²) >= 11 is 17.7. The summed E-state index contributed by atoms with van der Waals surface area (Å²) in [5.74, 6) is -0.878. The predicted molar refractivity (Wildman–Crippen MR) is 96.0 cm³/mol. The van der Waals surface area contributed by atoms with E-state index in [1.807, 2.05) is 0 Å². The van der Waals surface area contributed by atoms with Crippen LogP contribution in [0.2, 0.25) is 15.1 Å². The maximum Gasteiger partial charge on any atom is 0.259 e. The molecule has 0 unspecified atom stereocenters. The molecule has 2 rings (SSSR count). The van der Waals surface area contributed by atoms with E-state index in [0.29, 0.717) is 26.2 Å². The fourth-order valence-corrected chi connectivity index (χ4v) is 2.33. The first-order chi connectivity index (χ1) is 11.5. The minimum Gasteiger partial charge on any atom is -0.343 e. The van der Waals surface area contributed by atoms with Gasteiger partial charge in [-0.05, 0) is 36.4 Å². The molecule has 2 aromatic carbocycles. The molecule has 0 saturated carbocycles. The van der Waals surface area contributed by atoms with Crippen molar-refractivity contribution in [2.75, 3.05) is 6.54 Å². The maximum absolute atomic E-state index is 11.8. The topological polar surface area (TPSA) is 70.6 Å². The van der Waals surface area contributed by atoms with Gasteiger partial charge in [-0.1, -0.05) is 40.9 Å². The molecule has 0 atom stereocenters. The van der Waals surface area contributed by atoms with Gasteiger partial charge in [-0.3, -0.25) is 9.59 Å². The second-order valence-corrected chi connectivity index (χ2v) is 5.87. The summed E-state index contributed by atoms with van der Waals surface area (Å²) in [6, 6.07) is 11.3. The number of hydrogen-bond acceptors (Lipinski definition) is 3. The molecule has 124 valence electrons. The second kappa shape index (κ2) is 8.68. The maximum atomic E-state index is 11.8. The molecule has 2 amide bonds. The predicted octanol–water partition coefficient (Wildman–Crippen LogP) is 3.53. The van der Waals surface area contributed by atoms with Crippen molar-refractivity contribution >= 4 is 52.8 Å². The first-order valence-electron chi connectivity index (χ1n) is 6.77. The molecule has 0 aliphatic rings. The first-order valence-corrected chi connectivity index (χ1v) is 7.90. The van der Waals surface area contributed by atoms with Gasteiger partial charge in [0.05, 0.1) is 22.8 Å². The van der Waals surface area contributed by atoms with Crippen LogP contribution in [0.4, 0.5) is 0 Å². The summed E-state index contributed by atoms with van der Waals surface area (Å²) < 4.78 is 0. The summed E-state index contributed by atoms with van der Waals surface area (Å²) in [7, 11) is 0. The van der Waals surface area contributed by atoms with Crippen LogP contribution in [0.3, 0.4) is 0 Å². The second-order valence-electron chi connectivity index (χ2n) is 4.62. The van der Waals surface area contributed by atoms with Gasteiger partial charge < -0.3 is 5.32 Å². The molecule has 0 heterocycles. The zero-order chi connectivity index (χ0) is 17.5. The largest absolute Gasteiger partial charge is 0.343 e. The van der Waals surface area contributed by atoms with Crippen LogP contribution in [0.5, 0.6) is 0 Å². The molecule has 0 saturated heterocycles. The van der Waals surface area contributed by atoms with E-state index >= 15 is 0 Å². The fraction of sp³-hybridized carbons (Fsp3) is 0.0625. The van der Waals surface area contributed by atoms with Gasteiger partial charge in [0.2, 0.25) is 0 Å². The zero-order valence-corrected chi connectivity index (χ0v) is 14.5. The van der Waals surface area contributed by atoms with Crippen LogP contribution in [0.25, 0.3) is 0 Å². The van der Waals surface area contributed by atoms with Crippen molar-refractivity contribution < 1.29 is 9.59 Å². The Morgan fingerprint density at radius 1 is 1.00 bits per heavy atom. The lowest BCUT2D eigenvalue weighted by atomic mass is 10.2. The van der Waals surface area contributed by atoms with E-state index in [0.717, 1.165) is 0 Å². The van der Waals surface area contributed by atoms with Crippen LogP contribution in [0, 0.1) is 0 Å². The number of carbonyl (C=O) groups excluding carboxylic acids is 2. The smallest absolute Gasteiger partial charge is 0.259 e. The van der Waals surface area contributed by atoms with E-state index in [2.05, 4.69) is 15.8 Å². The van der Waals surface area contributed by atoms with Gasteiger partial charge in [-0.15, -0.1) is 0 Å². The number of halogens is 3. The number of amides is 2. The Balaban J connectivity index is 1.84. The normalized spacial score (nSPS) is 10.6. The van der Waals surface area contributed by atoms with E-state index in [-0.39, 0.29) is 12.5 Å². The van der Waals surface area contributed by atoms with E-state index in [1.165, 1.54) is 6.21 Å². The SMILES string of the molecule is O=C(CNC(=O)c1ccc(Cl)cc1)N/N=C\c1c(Cl)cccc1Cl. The molecule has 24 heavy (non-hydrogen) atoms. The van der Waals surface area contributed by atoms with Crippen molar-refractivity contribution in [3.05, 3.63) is 68.7 Å². The number of carbonyl (C=O) groups is 2. The molecule has 0 spiro atoms. The molecular weight excluding hydrogens is 373 g/mol. The quantitative estimate of drug-likeness (QED) is 0.611. The Morgan fingerprint density at radius 2 is 1.62 bits per heavy atom. The number of benzene rings is 2. The lowest BCUT2D eigenvalue weighted by Gasteiger charge is -2.04. The average Bonchev–Trinajstić information content (AvgIpc) is 2.56. The molecule has 0 aliphatic carbocycles. The van der Waals surface area contributed by atoms with Crippen molar-refractivity contribution in [3.8, 4) is 0 Å². The molecule has 0 radical (unpaired) electrons. The van der Waals surface area contributed by atoms with E-state index in [4.69, 9.17) is 34.8 Å². The summed E-state index contributed by atoms with van der Waals surface area (Å²) in [6.45, 7) is -0.227. The van der Waals surface area contributed by atoms with Crippen molar-refractivity contribution in [1.82, 2.24) is 10.7 Å². The minimum absolute atomic E-state index is 0.227. The van der Waals surface area contributed by atoms with Crippen LogP contribution in [0.15, 0.2) is 47.6 Å². The Morgan fingerprint density at radius 3 is 2.25 bits per heavy atom. The van der Waals surface area contributed by atoms with Crippen LogP contribution >= 0.6 is 34.8 Å². The summed E-state index contributed by atoms with van der Waals surface area (Å²) in [5, 5.41) is 7.58. The zero-order valence-electron chi connectivity index (χ0n) is 12.2. The Kier molecular flexibility index (Phi) is 6.61. The molecule has 8 heteroatoms. The van der Waals surface area contributed by atoms with Gasteiger partial charge in [0.25, 0.3) is 11.8 Å². The summed E-state index contributed by atoms with van der Waals surface area (Å²) in [6.07, 6.45) is 1.34. The Hall–Kier alpha value is -2.08. The molecule has 0 bridgehead atoms. The highest BCUT2D eigenvalue weighted by Crippen LogP contribution is 2.21. The Labute approximate surface area is 153 Å². The average molecular weight is 385 g/mol. The molecule has 5 nitrogen and oxygen atoms in total. The van der Waals surface area contributed by atoms with Crippen LogP contribution in [-0.2, 0) is 4.79 Å². The fourth-order valence-electron chi connectivity index (χ4n) is 1.71. The summed E-state index contributed by atoms with van der Waals surface area (Å²) in [4.78, 5) is 23.5. The van der Waals surface area contributed by atoms with Crippen LogP contribution in [-0.4, -0.2) is 24.6 Å². The third-order valence-electron chi connectivity index (χ3n) is 2.90. The Bertz CT molecular complexity index is 756. The van der Waals surface area contributed by atoms with E-state index in [9.17, 15) is 9.59 Å². The summed E-state index contributed by atoms with van der Waals surface area (Å²) in [5.41, 5.74) is 3.17. The number of nitrogens with one attached hydrogen (secondary N) is 2. The third-order valence-corrected chi connectivity index (χ3v) is 3.81. The minimum atomic E-state index is -0.489. The van der Waals surface area contributed by atoms with E-state index < -0.39 is 5.91 Å². The molecule has 0 fully saturated rings. The van der Waals surface area contributed by atoms with Crippen LogP contribution in [0.1, 0.15) is 15.9 Å². The standard InChI is InChI=1S/C16H12Cl3N3O2/c17-11-6-4-10(5-7-11)16(24)20-9-15(23)22-21-8-12-13(18)2-1-3-14(12)19/h1-8H,9H2,(H,20,24)(H,22,23)/b21-8-. The highest BCUT2D eigenvalue weighted by molar-refractivity contribution is 6.38. The van der Waals surface area contributed by atoms with Gasteiger partial charge in [-0.25, -0.2) is 5.43 Å². The van der Waals surface area contributed by atoms with Gasteiger partial charge in [0.15, 0.2) is 0 Å². The lowest BCUT2D eigenvalue weighted by molar-refractivity contribution is -0.120. The van der Waals surface area contributed by atoms with Crippen molar-refractivity contribution in [2.24, 2.45) is 5.10 Å². The molecule has 0 aliphatic heterocycles. The van der Waals surface area contributed by atoms with Crippen molar-refractivity contribution in [1.29, 1.82) is 0 Å². The number of nitrogens with zero attached hydrogens (tertiary/aromatic N) is 1. The van der Waals surface area contributed by atoms with Gasteiger partial charge in [0.1, 0.15) is 0 Å². The first kappa shape index (κ1) is 18.3. The molecular formula is C16H12Cl3N3O2. The number of hydrazone groups is 1. The van der Waals surface area contributed by atoms with Crippen molar-refractivity contribution in [2.45, 2.75) is 0 Å². The number of rotatable bonds is 5. The van der Waals surface area contributed by atoms with Crippen molar-refractivity contribution in [3.63, 3.8) is 0 Å². The number of hydrogen-bond donors (Lipinski definition) is 2. The third kappa shape index (κ3) is 5.23. The highest BCUT2D eigenvalue weighted by atomic mass is 35.5. The molecule has 2 N–H and O–H groups in total. The monoisotopic (exact) mass is 383 g/mol. The molecule has 2 aromatic rings. The van der Waals surface area contributed by atoms with Gasteiger partial charge in [-0.2, -0.15) is 5.10 Å². The van der Waals surface area contributed by atoms with E-state index in [1.54, 1.807) is 42.5 Å². The lowest BCUT2D eigenvalue weighted by Crippen LogP contribution is -2.34. The highest BCUT2D eigenvalue weighted by Gasteiger charge is 2.07.